The van der Waals surface area contributed by atoms with E-state index >= 15 is 0 Å². The lowest BCUT2D eigenvalue weighted by Gasteiger charge is -2.24. The average Bonchev–Trinajstić information content (AvgIpc) is 2.27. The summed E-state index contributed by atoms with van der Waals surface area (Å²) in [7, 11) is 0. The van der Waals surface area contributed by atoms with Crippen molar-refractivity contribution in [1.82, 2.24) is 0 Å². The van der Waals surface area contributed by atoms with E-state index < -0.39 is 18.0 Å². The number of halogens is 4. The van der Waals surface area contributed by atoms with Gasteiger partial charge in [-0.25, -0.2) is 0 Å². The smallest absolute Gasteiger partial charge is 0.171 e. The summed E-state index contributed by atoms with van der Waals surface area (Å²) in [6.45, 7) is 6.30. The maximum Gasteiger partial charge on any atom is 0.390 e. The van der Waals surface area contributed by atoms with Gasteiger partial charge in [-0.15, -0.1) is 11.6 Å². The summed E-state index contributed by atoms with van der Waals surface area (Å²) in [6, 6.07) is 7.11. The average molecular weight is 279 g/mol. The van der Waals surface area contributed by atoms with Gasteiger partial charge in [0.25, 0.3) is 0 Å². The highest BCUT2D eigenvalue weighted by molar-refractivity contribution is 6.20. The van der Waals surface area contributed by atoms with Gasteiger partial charge in [0.05, 0.1) is 11.8 Å². The van der Waals surface area contributed by atoms with Crippen LogP contribution in [0.5, 0.6) is 0 Å². The number of rotatable bonds is 4. The Morgan fingerprint density at radius 2 is 1.61 bits per heavy atom. The van der Waals surface area contributed by atoms with Crippen LogP contribution < -0.4 is 0 Å². The molecule has 0 N–H and O–H groups in total. The molecule has 4 heteroatoms. The van der Waals surface area contributed by atoms with Gasteiger partial charge in [0.15, 0.2) is 0 Å². The first-order chi connectivity index (χ1) is 8.15. The molecular formula is C14H18ClF3. The van der Waals surface area contributed by atoms with Gasteiger partial charge in [0, 0.05) is 0 Å². The molecule has 0 aliphatic carbocycles. The van der Waals surface area contributed by atoms with E-state index in [1.807, 2.05) is 12.1 Å². The molecule has 0 spiro atoms. The van der Waals surface area contributed by atoms with Gasteiger partial charge >= 0.3 is 6.18 Å². The van der Waals surface area contributed by atoms with Crippen molar-refractivity contribution in [2.24, 2.45) is 0 Å². The van der Waals surface area contributed by atoms with Crippen LogP contribution in [0.2, 0.25) is 0 Å². The lowest BCUT2D eigenvalue weighted by Crippen LogP contribution is -2.15. The largest absolute Gasteiger partial charge is 0.390 e. The first kappa shape index (κ1) is 15.4. The fraction of sp³-hybridized carbons (Fsp3) is 0.571. The van der Waals surface area contributed by atoms with E-state index in [4.69, 9.17) is 11.6 Å². The summed E-state index contributed by atoms with van der Waals surface area (Å²) in [5.41, 5.74) is 1.67. The van der Waals surface area contributed by atoms with Gasteiger partial charge in [-0.2, -0.15) is 13.2 Å². The standard InChI is InChI=1S/C14H18ClF3/c1-4-13(2,3)11-7-5-10(6-8-11)12(15)9-14(16,17)18/h5-8,12H,4,9H2,1-3H3. The van der Waals surface area contributed by atoms with Crippen molar-refractivity contribution in [3.63, 3.8) is 0 Å². The summed E-state index contributed by atoms with van der Waals surface area (Å²) >= 11 is 5.77. The Morgan fingerprint density at radius 1 is 1.11 bits per heavy atom. The molecule has 102 valence electrons. The van der Waals surface area contributed by atoms with E-state index in [-0.39, 0.29) is 5.41 Å². The Hall–Kier alpha value is -0.700. The lowest BCUT2D eigenvalue weighted by atomic mass is 9.82. The number of benzene rings is 1. The van der Waals surface area contributed by atoms with E-state index in [9.17, 15) is 13.2 Å². The van der Waals surface area contributed by atoms with Gasteiger partial charge in [0.2, 0.25) is 0 Å². The summed E-state index contributed by atoms with van der Waals surface area (Å²) in [6.07, 6.45) is -4.25. The molecule has 0 heterocycles. The van der Waals surface area contributed by atoms with Crippen LogP contribution >= 0.6 is 11.6 Å². The van der Waals surface area contributed by atoms with Crippen LogP contribution in [0.4, 0.5) is 13.2 Å². The van der Waals surface area contributed by atoms with Crippen LogP contribution in [0.25, 0.3) is 0 Å². The highest BCUT2D eigenvalue weighted by atomic mass is 35.5. The highest BCUT2D eigenvalue weighted by Gasteiger charge is 2.31. The van der Waals surface area contributed by atoms with Crippen molar-refractivity contribution in [3.8, 4) is 0 Å². The van der Waals surface area contributed by atoms with Crippen molar-refractivity contribution < 1.29 is 13.2 Å². The van der Waals surface area contributed by atoms with E-state index in [1.165, 1.54) is 0 Å². The van der Waals surface area contributed by atoms with Gasteiger partial charge in [0.1, 0.15) is 0 Å². The Labute approximate surface area is 111 Å². The van der Waals surface area contributed by atoms with Crippen LogP contribution in [0, 0.1) is 0 Å². The minimum absolute atomic E-state index is 0.0321. The van der Waals surface area contributed by atoms with Crippen LogP contribution in [0.1, 0.15) is 50.1 Å². The molecule has 1 atom stereocenters. The molecule has 0 aromatic heterocycles. The molecule has 0 fully saturated rings. The zero-order valence-corrected chi connectivity index (χ0v) is 11.6. The molecule has 0 aliphatic rings. The van der Waals surface area contributed by atoms with E-state index in [2.05, 4.69) is 20.8 Å². The Bertz CT molecular complexity index is 379. The third kappa shape index (κ3) is 4.20. The van der Waals surface area contributed by atoms with Crippen LogP contribution in [-0.4, -0.2) is 6.18 Å². The molecule has 18 heavy (non-hydrogen) atoms. The van der Waals surface area contributed by atoms with Crippen molar-refractivity contribution in [3.05, 3.63) is 35.4 Å². The van der Waals surface area contributed by atoms with E-state index in [0.29, 0.717) is 5.56 Å². The minimum atomic E-state index is -4.23. The molecule has 0 bridgehead atoms. The fourth-order valence-electron chi connectivity index (χ4n) is 1.67. The molecule has 0 saturated heterocycles. The monoisotopic (exact) mass is 278 g/mol. The van der Waals surface area contributed by atoms with Crippen LogP contribution in [0.15, 0.2) is 24.3 Å². The third-order valence-electron chi connectivity index (χ3n) is 3.35. The van der Waals surface area contributed by atoms with E-state index in [1.54, 1.807) is 12.1 Å². The summed E-state index contributed by atoms with van der Waals surface area (Å²) in [5.74, 6) is 0. The molecule has 1 aromatic carbocycles. The first-order valence-electron chi connectivity index (χ1n) is 5.97. The van der Waals surface area contributed by atoms with Crippen molar-refractivity contribution in [1.29, 1.82) is 0 Å². The Morgan fingerprint density at radius 3 is 2.00 bits per heavy atom. The fourth-order valence-corrected chi connectivity index (χ4v) is 1.99. The second-order valence-electron chi connectivity index (χ2n) is 5.15. The number of hydrogen-bond acceptors (Lipinski definition) is 0. The summed E-state index contributed by atoms with van der Waals surface area (Å²) in [4.78, 5) is 0. The van der Waals surface area contributed by atoms with Gasteiger partial charge in [-0.05, 0) is 23.0 Å². The Kier molecular flexibility index (Phi) is 4.71. The van der Waals surface area contributed by atoms with Crippen LogP contribution in [0.3, 0.4) is 0 Å². The molecule has 1 unspecified atom stereocenters. The molecule has 0 aliphatic heterocycles. The molecular weight excluding hydrogens is 261 g/mol. The normalized spacial score (nSPS) is 14.6. The van der Waals surface area contributed by atoms with Crippen LogP contribution in [-0.2, 0) is 5.41 Å². The Balaban J connectivity index is 2.83. The predicted molar refractivity (Wildman–Crippen MR) is 69.0 cm³/mol. The van der Waals surface area contributed by atoms with Crippen molar-refractivity contribution in [2.75, 3.05) is 0 Å². The molecule has 1 aromatic rings. The summed E-state index contributed by atoms with van der Waals surface area (Å²) in [5, 5.41) is -1.01. The second-order valence-corrected chi connectivity index (χ2v) is 5.67. The zero-order chi connectivity index (χ0) is 14.0. The van der Waals surface area contributed by atoms with E-state index in [0.717, 1.165) is 12.0 Å². The predicted octanol–water partition coefficient (Wildman–Crippen LogP) is 5.61. The maximum absolute atomic E-state index is 12.2. The zero-order valence-electron chi connectivity index (χ0n) is 10.8. The topological polar surface area (TPSA) is 0 Å². The highest BCUT2D eigenvalue weighted by Crippen LogP contribution is 2.35. The second kappa shape index (κ2) is 5.52. The number of hydrogen-bond donors (Lipinski definition) is 0. The van der Waals surface area contributed by atoms with Gasteiger partial charge in [-0.1, -0.05) is 45.0 Å². The summed E-state index contributed by atoms with van der Waals surface area (Å²) < 4.78 is 36.7. The minimum Gasteiger partial charge on any atom is -0.171 e. The SMILES string of the molecule is CCC(C)(C)c1ccc(C(Cl)CC(F)(F)F)cc1. The molecule has 0 amide bonds. The van der Waals surface area contributed by atoms with Gasteiger partial charge < -0.3 is 0 Å². The third-order valence-corrected chi connectivity index (χ3v) is 3.75. The van der Waals surface area contributed by atoms with Crippen molar-refractivity contribution in [2.45, 2.75) is 50.6 Å². The van der Waals surface area contributed by atoms with Crippen molar-refractivity contribution >= 4 is 11.6 Å². The molecule has 0 nitrogen and oxygen atoms in total. The lowest BCUT2D eigenvalue weighted by molar-refractivity contribution is -0.134. The quantitative estimate of drug-likeness (QED) is 0.628. The molecule has 0 saturated carbocycles. The maximum atomic E-state index is 12.2. The molecule has 1 rings (SSSR count). The number of alkyl halides is 4. The van der Waals surface area contributed by atoms with Gasteiger partial charge in [-0.3, -0.25) is 0 Å². The molecule has 0 radical (unpaired) electrons. The first-order valence-corrected chi connectivity index (χ1v) is 6.40.